The summed E-state index contributed by atoms with van der Waals surface area (Å²) in [5.41, 5.74) is -2.29. The molecule has 0 radical (unpaired) electrons. The van der Waals surface area contributed by atoms with Gasteiger partial charge < -0.3 is 9.05 Å². The minimum absolute atomic E-state index is 0.0313. The van der Waals surface area contributed by atoms with Crippen LogP contribution in [-0.4, -0.2) is 62.4 Å². The number of halogens is 3. The number of aromatic nitrogens is 6. The molecule has 3 aromatic heterocycles. The fraction of sp³-hybridized carbons (Fsp3) is 0.481. The minimum atomic E-state index is -4.53. The SMILES string of the molecule is CCCn1c(=O)c2c(nc(-c3cnn(Cc4cccc(C(F)(F)F)c4)c3)n2S(=O)(=O)CCCCP(=O)(OC)OC)n(CC)c1=O. The fourth-order valence-electron chi connectivity index (χ4n) is 4.91. The van der Waals surface area contributed by atoms with Crippen LogP contribution in [0, 0.1) is 0 Å². The van der Waals surface area contributed by atoms with Gasteiger partial charge in [0.15, 0.2) is 17.0 Å². The molecule has 0 spiro atoms. The third-order valence-corrected chi connectivity index (χ3v) is 10.8. The molecule has 0 saturated carbocycles. The van der Waals surface area contributed by atoms with E-state index in [1.54, 1.807) is 13.8 Å². The molecule has 3 heterocycles. The third-order valence-electron chi connectivity index (χ3n) is 7.16. The summed E-state index contributed by atoms with van der Waals surface area (Å²) in [6.45, 7) is 3.49. The monoisotopic (exact) mass is 674 g/mol. The third kappa shape index (κ3) is 7.16. The lowest BCUT2D eigenvalue weighted by Gasteiger charge is -2.14. The summed E-state index contributed by atoms with van der Waals surface area (Å²) < 4.78 is 94.1. The van der Waals surface area contributed by atoms with Crippen molar-refractivity contribution >= 4 is 28.8 Å². The van der Waals surface area contributed by atoms with E-state index < -0.39 is 46.4 Å². The van der Waals surface area contributed by atoms with Crippen molar-refractivity contribution in [2.45, 2.75) is 58.9 Å². The second-order valence-electron chi connectivity index (χ2n) is 10.2. The molecule has 0 amide bonds. The number of hydrogen-bond donors (Lipinski definition) is 0. The normalized spacial score (nSPS) is 12.8. The lowest BCUT2D eigenvalue weighted by Crippen LogP contribution is -2.40. The molecule has 18 heteroatoms. The van der Waals surface area contributed by atoms with Gasteiger partial charge >= 0.3 is 19.5 Å². The van der Waals surface area contributed by atoms with Gasteiger partial charge in [-0.3, -0.25) is 23.2 Å². The molecule has 0 unspecified atom stereocenters. The Hall–Kier alpha value is -3.53. The molecule has 45 heavy (non-hydrogen) atoms. The van der Waals surface area contributed by atoms with Crippen LogP contribution in [0.3, 0.4) is 0 Å². The van der Waals surface area contributed by atoms with Crippen molar-refractivity contribution in [1.82, 2.24) is 27.9 Å². The van der Waals surface area contributed by atoms with E-state index >= 15 is 0 Å². The molecule has 0 fully saturated rings. The average Bonchev–Trinajstić information content (AvgIpc) is 3.63. The molecular weight excluding hydrogens is 640 g/mol. The number of nitrogens with zero attached hydrogens (tertiary/aromatic N) is 6. The molecule has 0 bridgehead atoms. The van der Waals surface area contributed by atoms with Crippen LogP contribution in [0.1, 0.15) is 44.2 Å². The van der Waals surface area contributed by atoms with Crippen molar-refractivity contribution in [3.8, 4) is 11.4 Å². The van der Waals surface area contributed by atoms with E-state index in [-0.39, 0.29) is 61.2 Å². The minimum Gasteiger partial charge on any atom is -0.312 e. The number of rotatable bonds is 14. The highest BCUT2D eigenvalue weighted by Gasteiger charge is 2.31. The Kier molecular flexibility index (Phi) is 10.3. The molecule has 0 atom stereocenters. The van der Waals surface area contributed by atoms with Gasteiger partial charge in [-0.2, -0.15) is 18.3 Å². The van der Waals surface area contributed by atoms with Crippen LogP contribution in [-0.2, 0) is 49.4 Å². The van der Waals surface area contributed by atoms with E-state index in [4.69, 9.17) is 9.05 Å². The van der Waals surface area contributed by atoms with Crippen LogP contribution in [0.2, 0.25) is 0 Å². The molecule has 0 aliphatic heterocycles. The summed E-state index contributed by atoms with van der Waals surface area (Å²) in [7, 11) is -5.24. The summed E-state index contributed by atoms with van der Waals surface area (Å²) in [6, 6.07) is 4.72. The quantitative estimate of drug-likeness (QED) is 0.142. The Morgan fingerprint density at radius 3 is 2.38 bits per heavy atom. The molecule has 0 aliphatic carbocycles. The first kappa shape index (κ1) is 34.3. The number of aryl methyl sites for hydroxylation is 1. The first-order valence-electron chi connectivity index (χ1n) is 14.1. The molecule has 0 aliphatic rings. The van der Waals surface area contributed by atoms with E-state index in [1.165, 1.54) is 48.0 Å². The van der Waals surface area contributed by atoms with Crippen molar-refractivity contribution in [3.63, 3.8) is 0 Å². The second kappa shape index (κ2) is 13.4. The van der Waals surface area contributed by atoms with E-state index in [1.807, 2.05) is 0 Å². The maximum absolute atomic E-state index is 13.9. The summed E-state index contributed by atoms with van der Waals surface area (Å²) in [4.78, 5) is 31.3. The first-order chi connectivity index (χ1) is 21.2. The van der Waals surface area contributed by atoms with Gasteiger partial charge in [-0.05, 0) is 43.9 Å². The zero-order valence-electron chi connectivity index (χ0n) is 25.2. The Morgan fingerprint density at radius 2 is 1.76 bits per heavy atom. The van der Waals surface area contributed by atoms with Gasteiger partial charge in [0.1, 0.15) is 0 Å². The van der Waals surface area contributed by atoms with Crippen LogP contribution < -0.4 is 11.2 Å². The summed E-state index contributed by atoms with van der Waals surface area (Å²) in [5.74, 6) is -0.664. The number of imidazole rings is 1. The molecule has 1 aromatic carbocycles. The zero-order chi connectivity index (χ0) is 33.2. The van der Waals surface area contributed by atoms with Gasteiger partial charge in [-0.15, -0.1) is 0 Å². The van der Waals surface area contributed by atoms with Gasteiger partial charge in [-0.1, -0.05) is 19.1 Å². The van der Waals surface area contributed by atoms with Crippen LogP contribution in [0.5, 0.6) is 0 Å². The maximum Gasteiger partial charge on any atom is 0.416 e. The Labute approximate surface area is 256 Å². The van der Waals surface area contributed by atoms with E-state index in [0.29, 0.717) is 12.0 Å². The van der Waals surface area contributed by atoms with Crippen LogP contribution in [0.25, 0.3) is 22.6 Å². The number of fused-ring (bicyclic) bond motifs is 1. The van der Waals surface area contributed by atoms with Gasteiger partial charge in [0, 0.05) is 33.5 Å². The first-order valence-corrected chi connectivity index (χ1v) is 17.4. The van der Waals surface area contributed by atoms with Crippen LogP contribution in [0.4, 0.5) is 13.2 Å². The Bertz CT molecular complexity index is 1960. The van der Waals surface area contributed by atoms with E-state index in [0.717, 1.165) is 20.7 Å². The highest BCUT2D eigenvalue weighted by atomic mass is 32.2. The Morgan fingerprint density at radius 1 is 1.04 bits per heavy atom. The predicted octanol–water partition coefficient (Wildman–Crippen LogP) is 4.16. The largest absolute Gasteiger partial charge is 0.416 e. The second-order valence-corrected chi connectivity index (χ2v) is 14.5. The topological polar surface area (TPSA) is 149 Å². The van der Waals surface area contributed by atoms with Crippen molar-refractivity contribution < 1.29 is 35.2 Å². The van der Waals surface area contributed by atoms with Gasteiger partial charge in [0.05, 0.1) is 35.8 Å². The molecule has 0 saturated heterocycles. The smallest absolute Gasteiger partial charge is 0.312 e. The highest BCUT2D eigenvalue weighted by Crippen LogP contribution is 2.47. The predicted molar refractivity (Wildman–Crippen MR) is 161 cm³/mol. The highest BCUT2D eigenvalue weighted by molar-refractivity contribution is 7.90. The van der Waals surface area contributed by atoms with Crippen molar-refractivity contribution in [2.24, 2.45) is 0 Å². The molecule has 0 N–H and O–H groups in total. The molecule has 4 rings (SSSR count). The van der Waals surface area contributed by atoms with Crippen molar-refractivity contribution in [1.29, 1.82) is 0 Å². The number of alkyl halides is 3. The molecular formula is C27H34F3N6O7PS. The lowest BCUT2D eigenvalue weighted by atomic mass is 10.1. The molecule has 246 valence electrons. The van der Waals surface area contributed by atoms with E-state index in [2.05, 4.69) is 10.1 Å². The van der Waals surface area contributed by atoms with Crippen LogP contribution >= 0.6 is 7.60 Å². The molecule has 4 aromatic rings. The lowest BCUT2D eigenvalue weighted by molar-refractivity contribution is -0.137. The van der Waals surface area contributed by atoms with Gasteiger partial charge in [0.25, 0.3) is 5.56 Å². The summed E-state index contributed by atoms with van der Waals surface area (Å²) >= 11 is 0. The number of hydrogen-bond acceptors (Lipinski definition) is 9. The van der Waals surface area contributed by atoms with Gasteiger partial charge in [-0.25, -0.2) is 22.2 Å². The average molecular weight is 675 g/mol. The van der Waals surface area contributed by atoms with Crippen LogP contribution in [0.15, 0.2) is 46.2 Å². The summed E-state index contributed by atoms with van der Waals surface area (Å²) in [6.07, 6.45) is -1.26. The van der Waals surface area contributed by atoms with Gasteiger partial charge in [0.2, 0.25) is 10.0 Å². The number of benzene rings is 1. The molecule has 13 nitrogen and oxygen atoms in total. The van der Waals surface area contributed by atoms with Crippen molar-refractivity contribution in [2.75, 3.05) is 26.1 Å². The van der Waals surface area contributed by atoms with Crippen molar-refractivity contribution in [3.05, 3.63) is 68.6 Å². The number of unbranched alkanes of at least 4 members (excludes halogenated alkanes) is 1. The zero-order valence-corrected chi connectivity index (χ0v) is 26.9. The summed E-state index contributed by atoms with van der Waals surface area (Å²) in [5, 5.41) is 4.20. The fourth-order valence-corrected chi connectivity index (χ4v) is 7.64. The Balaban J connectivity index is 1.83. The standard InChI is InChI=1S/C27H34F3N6O7PS/c1-5-12-35-25(37)22-24(34(6-2)26(35)38)32-23(36(22)45(40,41)14-8-7-13-44(39,42-3)43-4)20-16-31-33(18-20)17-19-10-9-11-21(15-19)27(28,29)30/h9-11,15-16,18H,5-8,12-14,17H2,1-4H3. The maximum atomic E-state index is 13.9. The van der Waals surface area contributed by atoms with E-state index in [9.17, 15) is 35.7 Å².